The molecule has 10 heteroatoms. The fraction of sp³-hybridized carbons (Fsp3) is 0.261. The third-order valence-corrected chi connectivity index (χ3v) is 5.81. The van der Waals surface area contributed by atoms with E-state index in [-0.39, 0.29) is 17.5 Å². The predicted octanol–water partition coefficient (Wildman–Crippen LogP) is 4.09. The van der Waals surface area contributed by atoms with E-state index >= 15 is 0 Å². The zero-order chi connectivity index (χ0) is 22.9. The Morgan fingerprint density at radius 1 is 1.15 bits per heavy atom. The molecule has 0 bridgehead atoms. The van der Waals surface area contributed by atoms with Crippen molar-refractivity contribution in [3.05, 3.63) is 70.4 Å². The summed E-state index contributed by atoms with van der Waals surface area (Å²) in [5.74, 6) is 0.314. The number of non-ortho nitro benzene ring substituents is 1. The minimum Gasteiger partial charge on any atom is -0.423 e. The Morgan fingerprint density at radius 2 is 1.88 bits per heavy atom. The third-order valence-electron chi connectivity index (χ3n) is 5.81. The lowest BCUT2D eigenvalue weighted by Crippen LogP contribution is -2.38. The minimum atomic E-state index is -0.450. The van der Waals surface area contributed by atoms with Crippen molar-refractivity contribution in [3.8, 4) is 5.69 Å². The molecule has 0 unspecified atom stereocenters. The molecule has 2 aromatic carbocycles. The third kappa shape index (κ3) is 4.14. The zero-order valence-corrected chi connectivity index (χ0v) is 18.0. The maximum Gasteiger partial charge on any atom is 0.298 e. The summed E-state index contributed by atoms with van der Waals surface area (Å²) in [6.07, 6.45) is 1.35. The fourth-order valence-corrected chi connectivity index (χ4v) is 4.06. The van der Waals surface area contributed by atoms with Crippen LogP contribution in [0.5, 0.6) is 0 Å². The second-order valence-corrected chi connectivity index (χ2v) is 8.07. The standard InChI is InChI=1S/C23H22N6O4/c1-15-14-21(28(26-15)17-6-8-18(9-7-17)29(31)32)25-22(30)16-10-12-27(13-11-16)23-24-19-4-2-3-5-20(19)33-23/h2-9,14,16H,10-13H2,1H3,(H,25,30). The van der Waals surface area contributed by atoms with Crippen LogP contribution in [0.15, 0.2) is 59.0 Å². The summed E-state index contributed by atoms with van der Waals surface area (Å²) < 4.78 is 7.44. The van der Waals surface area contributed by atoms with E-state index in [0.717, 1.165) is 16.8 Å². The molecule has 3 heterocycles. The maximum atomic E-state index is 13.0. The molecule has 1 amide bonds. The first-order valence-corrected chi connectivity index (χ1v) is 10.7. The molecule has 1 saturated heterocycles. The highest BCUT2D eigenvalue weighted by atomic mass is 16.6. The predicted molar refractivity (Wildman–Crippen MR) is 123 cm³/mol. The SMILES string of the molecule is Cc1cc(NC(=O)C2CCN(c3nc4ccccc4o3)CC2)n(-c2ccc([N+](=O)[O-])cc2)n1. The monoisotopic (exact) mass is 446 g/mol. The van der Waals surface area contributed by atoms with Gasteiger partial charge in [0, 0.05) is 37.2 Å². The summed E-state index contributed by atoms with van der Waals surface area (Å²) in [7, 11) is 0. The lowest BCUT2D eigenvalue weighted by atomic mass is 9.96. The quantitative estimate of drug-likeness (QED) is 0.362. The highest BCUT2D eigenvalue weighted by Crippen LogP contribution is 2.27. The van der Waals surface area contributed by atoms with Crippen molar-refractivity contribution >= 4 is 34.5 Å². The molecule has 33 heavy (non-hydrogen) atoms. The number of aromatic nitrogens is 3. The number of piperidine rings is 1. The minimum absolute atomic E-state index is 0.00100. The summed E-state index contributed by atoms with van der Waals surface area (Å²) >= 11 is 0. The first-order valence-electron chi connectivity index (χ1n) is 10.7. The molecule has 0 aliphatic carbocycles. The number of oxazole rings is 1. The summed E-state index contributed by atoms with van der Waals surface area (Å²) in [6, 6.07) is 16.1. The fourth-order valence-electron chi connectivity index (χ4n) is 4.06. The Morgan fingerprint density at radius 3 is 2.58 bits per heavy atom. The lowest BCUT2D eigenvalue weighted by molar-refractivity contribution is -0.384. The number of carbonyl (C=O) groups is 1. The normalized spacial score (nSPS) is 14.5. The molecule has 0 radical (unpaired) electrons. The smallest absolute Gasteiger partial charge is 0.298 e. The molecule has 168 valence electrons. The van der Waals surface area contributed by atoms with Gasteiger partial charge in [0.2, 0.25) is 5.91 Å². The number of nitro benzene ring substituents is 1. The van der Waals surface area contributed by atoms with E-state index in [1.54, 1.807) is 22.9 Å². The van der Waals surface area contributed by atoms with E-state index in [0.29, 0.717) is 43.5 Å². The van der Waals surface area contributed by atoms with Gasteiger partial charge in [-0.05, 0) is 44.0 Å². The van der Waals surface area contributed by atoms with Crippen molar-refractivity contribution in [3.63, 3.8) is 0 Å². The maximum absolute atomic E-state index is 13.0. The number of rotatable bonds is 5. The molecular weight excluding hydrogens is 424 g/mol. The van der Waals surface area contributed by atoms with Crippen molar-refractivity contribution in [1.29, 1.82) is 0 Å². The summed E-state index contributed by atoms with van der Waals surface area (Å²) in [5.41, 5.74) is 2.94. The first kappa shape index (κ1) is 20.7. The average Bonchev–Trinajstić information content (AvgIpc) is 3.42. The second kappa shape index (κ2) is 8.38. The summed E-state index contributed by atoms with van der Waals surface area (Å²) in [6.45, 7) is 3.17. The molecule has 4 aromatic rings. The molecule has 1 aliphatic heterocycles. The van der Waals surface area contributed by atoms with Crippen LogP contribution in [0.3, 0.4) is 0 Å². The Bertz CT molecular complexity index is 1290. The lowest BCUT2D eigenvalue weighted by Gasteiger charge is -2.30. The molecule has 0 saturated carbocycles. The van der Waals surface area contributed by atoms with Crippen molar-refractivity contribution in [2.45, 2.75) is 19.8 Å². The van der Waals surface area contributed by atoms with Gasteiger partial charge < -0.3 is 14.6 Å². The number of fused-ring (bicyclic) bond motifs is 1. The van der Waals surface area contributed by atoms with Gasteiger partial charge in [0.1, 0.15) is 11.3 Å². The van der Waals surface area contributed by atoms with Gasteiger partial charge in [-0.1, -0.05) is 12.1 Å². The number of amides is 1. The average molecular weight is 446 g/mol. The van der Waals surface area contributed by atoms with Crippen LogP contribution in [0.1, 0.15) is 18.5 Å². The number of hydrogen-bond donors (Lipinski definition) is 1. The van der Waals surface area contributed by atoms with Crippen LogP contribution in [0.25, 0.3) is 16.8 Å². The Labute approximate surface area is 189 Å². The number of nitrogens with one attached hydrogen (secondary N) is 1. The largest absolute Gasteiger partial charge is 0.423 e. The topological polar surface area (TPSA) is 119 Å². The number of benzene rings is 2. The van der Waals surface area contributed by atoms with Gasteiger partial charge in [-0.25, -0.2) is 4.68 Å². The van der Waals surface area contributed by atoms with Gasteiger partial charge in [-0.2, -0.15) is 10.1 Å². The summed E-state index contributed by atoms with van der Waals surface area (Å²) in [4.78, 5) is 30.1. The zero-order valence-electron chi connectivity index (χ0n) is 18.0. The van der Waals surface area contributed by atoms with E-state index in [9.17, 15) is 14.9 Å². The van der Waals surface area contributed by atoms with Gasteiger partial charge >= 0.3 is 0 Å². The Balaban J connectivity index is 1.25. The highest BCUT2D eigenvalue weighted by molar-refractivity contribution is 5.92. The molecule has 2 aromatic heterocycles. The van der Waals surface area contributed by atoms with Crippen molar-refractivity contribution in [2.24, 2.45) is 5.92 Å². The number of anilines is 2. The number of para-hydroxylation sites is 2. The van der Waals surface area contributed by atoms with Gasteiger partial charge in [0.25, 0.3) is 11.7 Å². The van der Waals surface area contributed by atoms with Crippen molar-refractivity contribution < 1.29 is 14.1 Å². The van der Waals surface area contributed by atoms with Crippen molar-refractivity contribution in [1.82, 2.24) is 14.8 Å². The van der Waals surface area contributed by atoms with Crippen LogP contribution >= 0.6 is 0 Å². The van der Waals surface area contributed by atoms with Crippen molar-refractivity contribution in [2.75, 3.05) is 23.3 Å². The molecular formula is C23H22N6O4. The molecule has 1 N–H and O–H groups in total. The van der Waals surface area contributed by atoms with Crippen LogP contribution in [0, 0.1) is 23.0 Å². The second-order valence-electron chi connectivity index (χ2n) is 8.07. The molecule has 5 rings (SSSR count). The molecule has 1 aliphatic rings. The number of hydrogen-bond acceptors (Lipinski definition) is 7. The van der Waals surface area contributed by atoms with Crippen LogP contribution in [0.4, 0.5) is 17.5 Å². The molecule has 1 fully saturated rings. The van der Waals surface area contributed by atoms with Gasteiger partial charge in [-0.3, -0.25) is 14.9 Å². The van der Waals surface area contributed by atoms with Crippen LogP contribution in [-0.2, 0) is 4.79 Å². The molecule has 10 nitrogen and oxygen atoms in total. The number of carbonyl (C=O) groups excluding carboxylic acids is 1. The Hall–Kier alpha value is -4.21. The number of nitro groups is 1. The number of nitrogens with zero attached hydrogens (tertiary/aromatic N) is 5. The molecule has 0 spiro atoms. The molecule has 0 atom stereocenters. The highest BCUT2D eigenvalue weighted by Gasteiger charge is 2.28. The van der Waals surface area contributed by atoms with Crippen LogP contribution < -0.4 is 10.2 Å². The van der Waals surface area contributed by atoms with Gasteiger partial charge in [-0.15, -0.1) is 0 Å². The van der Waals surface area contributed by atoms with E-state index in [2.05, 4.69) is 20.3 Å². The van der Waals surface area contributed by atoms with E-state index < -0.39 is 4.92 Å². The van der Waals surface area contributed by atoms with Crippen LogP contribution in [0.2, 0.25) is 0 Å². The van der Waals surface area contributed by atoms with Gasteiger partial charge in [0.15, 0.2) is 5.58 Å². The van der Waals surface area contributed by atoms with E-state index in [1.807, 2.05) is 31.2 Å². The van der Waals surface area contributed by atoms with E-state index in [4.69, 9.17) is 4.42 Å². The summed E-state index contributed by atoms with van der Waals surface area (Å²) in [5, 5.41) is 18.3. The Kier molecular flexibility index (Phi) is 5.25. The first-order chi connectivity index (χ1) is 16.0. The van der Waals surface area contributed by atoms with Crippen LogP contribution in [-0.4, -0.2) is 38.7 Å². The number of aryl methyl sites for hydroxylation is 1. The van der Waals surface area contributed by atoms with Gasteiger partial charge in [0.05, 0.1) is 16.3 Å². The van der Waals surface area contributed by atoms with E-state index in [1.165, 1.54) is 12.1 Å².